The van der Waals surface area contributed by atoms with Crippen molar-refractivity contribution in [3.05, 3.63) is 12.2 Å². The van der Waals surface area contributed by atoms with Crippen molar-refractivity contribution < 1.29 is 24.8 Å². The van der Waals surface area contributed by atoms with Crippen LogP contribution >= 0.6 is 0 Å². The number of rotatable bonds is 14. The summed E-state index contributed by atoms with van der Waals surface area (Å²) in [5.41, 5.74) is 0. The first kappa shape index (κ1) is 22.6. The van der Waals surface area contributed by atoms with Gasteiger partial charge in [0.05, 0.1) is 13.2 Å². The van der Waals surface area contributed by atoms with Gasteiger partial charge in [-0.25, -0.2) is 0 Å². The molecule has 5 heteroatoms. The second-order valence-corrected chi connectivity index (χ2v) is 6.97. The lowest BCUT2D eigenvalue weighted by Crippen LogP contribution is -2.55. The zero-order valence-electron chi connectivity index (χ0n) is 15.8. The highest BCUT2D eigenvalue weighted by Crippen LogP contribution is 2.18. The molecule has 1 aliphatic rings. The van der Waals surface area contributed by atoms with Crippen molar-refractivity contribution in [2.24, 2.45) is 0 Å². The Hall–Kier alpha value is -0.460. The Balaban J connectivity index is 1.93. The monoisotopic (exact) mass is 358 g/mol. The normalized spacial score (nSPS) is 27.2. The second-order valence-electron chi connectivity index (χ2n) is 6.97. The van der Waals surface area contributed by atoms with Crippen LogP contribution in [0.5, 0.6) is 0 Å². The molecule has 1 saturated heterocycles. The summed E-state index contributed by atoms with van der Waals surface area (Å²) in [7, 11) is 0. The lowest BCUT2D eigenvalue weighted by molar-refractivity contribution is -0.208. The third kappa shape index (κ3) is 9.71. The SMILES string of the molecule is CCCCCCC/C=C/CCCCCO[C@H]1CO[C@H](CO)[C@@H](O)[C@@H]1O. The first-order valence-electron chi connectivity index (χ1n) is 10.1. The molecule has 1 rings (SSSR count). The van der Waals surface area contributed by atoms with Crippen LogP contribution in [0.1, 0.15) is 71.1 Å². The smallest absolute Gasteiger partial charge is 0.111 e. The molecule has 0 aliphatic carbocycles. The van der Waals surface area contributed by atoms with E-state index in [0.29, 0.717) is 6.61 Å². The van der Waals surface area contributed by atoms with Gasteiger partial charge in [-0.15, -0.1) is 0 Å². The Morgan fingerprint density at radius 3 is 2.20 bits per heavy atom. The third-order valence-corrected chi connectivity index (χ3v) is 4.75. The molecule has 0 aromatic carbocycles. The lowest BCUT2D eigenvalue weighted by atomic mass is 10.0. The molecule has 1 heterocycles. The fraction of sp³-hybridized carbons (Fsp3) is 0.900. The van der Waals surface area contributed by atoms with E-state index < -0.39 is 24.4 Å². The van der Waals surface area contributed by atoms with Gasteiger partial charge in [-0.1, -0.05) is 51.2 Å². The van der Waals surface area contributed by atoms with Crippen LogP contribution in [-0.2, 0) is 9.47 Å². The summed E-state index contributed by atoms with van der Waals surface area (Å²) in [5, 5.41) is 28.8. The minimum Gasteiger partial charge on any atom is -0.394 e. The summed E-state index contributed by atoms with van der Waals surface area (Å²) >= 11 is 0. The molecule has 1 aliphatic heterocycles. The minimum absolute atomic E-state index is 0.213. The van der Waals surface area contributed by atoms with Crippen molar-refractivity contribution in [1.82, 2.24) is 0 Å². The number of aliphatic hydroxyl groups excluding tert-OH is 3. The van der Waals surface area contributed by atoms with Crippen LogP contribution < -0.4 is 0 Å². The van der Waals surface area contributed by atoms with Crippen LogP contribution in [0.4, 0.5) is 0 Å². The first-order chi connectivity index (χ1) is 12.2. The zero-order valence-corrected chi connectivity index (χ0v) is 15.8. The molecule has 0 saturated carbocycles. The quantitative estimate of drug-likeness (QED) is 0.329. The summed E-state index contributed by atoms with van der Waals surface area (Å²) in [6, 6.07) is 0. The van der Waals surface area contributed by atoms with Gasteiger partial charge in [0.15, 0.2) is 0 Å². The predicted octanol–water partition coefficient (Wildman–Crippen LogP) is 2.96. The first-order valence-corrected chi connectivity index (χ1v) is 10.1. The van der Waals surface area contributed by atoms with Gasteiger partial charge in [0, 0.05) is 6.61 Å². The van der Waals surface area contributed by atoms with Crippen molar-refractivity contribution >= 4 is 0 Å². The second kappa shape index (κ2) is 14.7. The van der Waals surface area contributed by atoms with Crippen molar-refractivity contribution in [1.29, 1.82) is 0 Å². The molecular weight excluding hydrogens is 320 g/mol. The van der Waals surface area contributed by atoms with E-state index in [2.05, 4.69) is 19.1 Å². The number of hydrogen-bond donors (Lipinski definition) is 3. The largest absolute Gasteiger partial charge is 0.394 e. The fourth-order valence-corrected chi connectivity index (χ4v) is 3.04. The molecule has 4 atom stereocenters. The predicted molar refractivity (Wildman–Crippen MR) is 99.6 cm³/mol. The molecule has 5 nitrogen and oxygen atoms in total. The molecule has 148 valence electrons. The van der Waals surface area contributed by atoms with Crippen LogP contribution in [0.2, 0.25) is 0 Å². The highest BCUT2D eigenvalue weighted by molar-refractivity contribution is 4.87. The molecule has 25 heavy (non-hydrogen) atoms. The summed E-state index contributed by atoms with van der Waals surface area (Å²) < 4.78 is 10.9. The molecule has 0 spiro atoms. The van der Waals surface area contributed by atoms with E-state index in [1.807, 2.05) is 0 Å². The average Bonchev–Trinajstić information content (AvgIpc) is 2.62. The third-order valence-electron chi connectivity index (χ3n) is 4.75. The molecule has 0 radical (unpaired) electrons. The number of hydrogen-bond acceptors (Lipinski definition) is 5. The molecule has 0 amide bonds. The maximum atomic E-state index is 9.95. The van der Waals surface area contributed by atoms with Gasteiger partial charge < -0.3 is 24.8 Å². The summed E-state index contributed by atoms with van der Waals surface area (Å²) in [6.07, 6.45) is 13.4. The van der Waals surface area contributed by atoms with E-state index in [4.69, 9.17) is 14.6 Å². The summed E-state index contributed by atoms with van der Waals surface area (Å²) in [4.78, 5) is 0. The Labute approximate surface area is 153 Å². The highest BCUT2D eigenvalue weighted by atomic mass is 16.6. The molecule has 3 N–H and O–H groups in total. The Morgan fingerprint density at radius 1 is 0.920 bits per heavy atom. The van der Waals surface area contributed by atoms with Crippen molar-refractivity contribution in [3.8, 4) is 0 Å². The number of unbranched alkanes of at least 4 members (excludes halogenated alkanes) is 8. The fourth-order valence-electron chi connectivity index (χ4n) is 3.04. The molecule has 0 aromatic rings. The Bertz CT molecular complexity index is 334. The molecule has 0 unspecified atom stereocenters. The average molecular weight is 359 g/mol. The summed E-state index contributed by atoms with van der Waals surface area (Å²) in [6.45, 7) is 2.72. The topological polar surface area (TPSA) is 79.2 Å². The van der Waals surface area contributed by atoms with Gasteiger partial charge in [0.25, 0.3) is 0 Å². The Morgan fingerprint density at radius 2 is 1.56 bits per heavy atom. The van der Waals surface area contributed by atoms with E-state index in [9.17, 15) is 10.2 Å². The van der Waals surface area contributed by atoms with E-state index in [0.717, 1.165) is 25.7 Å². The number of ether oxygens (including phenoxy) is 2. The maximum absolute atomic E-state index is 9.95. The molecule has 0 bridgehead atoms. The lowest BCUT2D eigenvalue weighted by Gasteiger charge is -2.36. The van der Waals surface area contributed by atoms with E-state index >= 15 is 0 Å². The van der Waals surface area contributed by atoms with Gasteiger partial charge >= 0.3 is 0 Å². The van der Waals surface area contributed by atoms with Gasteiger partial charge in [-0.3, -0.25) is 0 Å². The molecule has 1 fully saturated rings. The van der Waals surface area contributed by atoms with Gasteiger partial charge in [-0.05, 0) is 32.1 Å². The van der Waals surface area contributed by atoms with Gasteiger partial charge in [-0.2, -0.15) is 0 Å². The van der Waals surface area contributed by atoms with Crippen LogP contribution in [0, 0.1) is 0 Å². The van der Waals surface area contributed by atoms with E-state index in [1.54, 1.807) is 0 Å². The van der Waals surface area contributed by atoms with Crippen molar-refractivity contribution in [2.75, 3.05) is 19.8 Å². The maximum Gasteiger partial charge on any atom is 0.111 e. The van der Waals surface area contributed by atoms with Crippen molar-refractivity contribution in [2.45, 2.75) is 95.5 Å². The summed E-state index contributed by atoms with van der Waals surface area (Å²) in [5.74, 6) is 0. The highest BCUT2D eigenvalue weighted by Gasteiger charge is 2.38. The standard InChI is InChI=1S/C20H38O5/c1-2-3-4-5-6-7-8-9-10-11-12-13-14-24-18-16-25-17(15-21)19(22)20(18)23/h8-9,17-23H,2-7,10-16H2,1H3/b9-8+/t17-,18+,19-,20-/m1/s1. The Kier molecular flexibility index (Phi) is 13.3. The molecular formula is C20H38O5. The van der Waals surface area contributed by atoms with E-state index in [-0.39, 0.29) is 13.2 Å². The van der Waals surface area contributed by atoms with Crippen LogP contribution in [0.3, 0.4) is 0 Å². The van der Waals surface area contributed by atoms with Crippen molar-refractivity contribution in [3.63, 3.8) is 0 Å². The van der Waals surface area contributed by atoms with Crippen LogP contribution in [-0.4, -0.2) is 59.6 Å². The number of allylic oxidation sites excluding steroid dienone is 2. The zero-order chi connectivity index (χ0) is 18.3. The minimum atomic E-state index is -1.09. The molecule has 0 aromatic heterocycles. The van der Waals surface area contributed by atoms with Crippen LogP contribution in [0.15, 0.2) is 12.2 Å². The number of aliphatic hydroxyl groups is 3. The van der Waals surface area contributed by atoms with Crippen LogP contribution in [0.25, 0.3) is 0 Å². The van der Waals surface area contributed by atoms with Gasteiger partial charge in [0.2, 0.25) is 0 Å². The van der Waals surface area contributed by atoms with E-state index in [1.165, 1.54) is 38.5 Å². The van der Waals surface area contributed by atoms with Gasteiger partial charge in [0.1, 0.15) is 24.4 Å².